The summed E-state index contributed by atoms with van der Waals surface area (Å²) >= 11 is 13.2. The predicted molar refractivity (Wildman–Crippen MR) is 94.1 cm³/mol. The van der Waals surface area contributed by atoms with Gasteiger partial charge in [-0.15, -0.1) is 0 Å². The molecule has 0 aliphatic carbocycles. The lowest BCUT2D eigenvalue weighted by Crippen LogP contribution is -2.44. The van der Waals surface area contributed by atoms with Crippen LogP contribution in [0.15, 0.2) is 17.9 Å². The van der Waals surface area contributed by atoms with E-state index in [2.05, 4.69) is 63.7 Å². The summed E-state index contributed by atoms with van der Waals surface area (Å²) < 4.78 is 1.98. The average Bonchev–Trinajstić information content (AvgIpc) is 2.72. The van der Waals surface area contributed by atoms with Crippen molar-refractivity contribution < 1.29 is 19.5 Å². The third-order valence-corrected chi connectivity index (χ3v) is 8.06. The van der Waals surface area contributed by atoms with Crippen LogP contribution in [0.3, 0.4) is 0 Å². The first-order valence-electron chi connectivity index (χ1n) is 6.20. The van der Waals surface area contributed by atoms with E-state index in [0.717, 1.165) is 4.90 Å². The molecule has 118 valence electrons. The van der Waals surface area contributed by atoms with Gasteiger partial charge in [-0.05, 0) is 70.1 Å². The van der Waals surface area contributed by atoms with Gasteiger partial charge < -0.3 is 5.11 Å². The molecule has 1 aromatic rings. The van der Waals surface area contributed by atoms with Crippen molar-refractivity contribution in [3.8, 4) is 0 Å². The Morgan fingerprint density at radius 1 is 1.00 bits per heavy atom. The van der Waals surface area contributed by atoms with E-state index in [4.69, 9.17) is 0 Å². The zero-order valence-electron chi connectivity index (χ0n) is 11.1. The molecule has 1 N–H and O–H groups in total. The van der Waals surface area contributed by atoms with Crippen molar-refractivity contribution in [2.24, 2.45) is 0 Å². The topological polar surface area (TPSA) is 74.7 Å². The van der Waals surface area contributed by atoms with Crippen LogP contribution in [0.5, 0.6) is 0 Å². The molecule has 5 nitrogen and oxygen atoms in total. The van der Waals surface area contributed by atoms with Gasteiger partial charge in [0.25, 0.3) is 11.8 Å². The monoisotopic (exact) mass is 559 g/mol. The van der Waals surface area contributed by atoms with Crippen molar-refractivity contribution >= 4 is 81.5 Å². The number of nitrogens with zero attached hydrogens (tertiary/aromatic N) is 1. The maximum Gasteiger partial charge on any atom is 0.326 e. The number of halogens is 4. The van der Waals surface area contributed by atoms with Crippen molar-refractivity contribution in [2.45, 2.75) is 25.8 Å². The van der Waals surface area contributed by atoms with Gasteiger partial charge in [0.05, 0.1) is 11.1 Å². The molecule has 0 bridgehead atoms. The second-order valence-electron chi connectivity index (χ2n) is 4.63. The van der Waals surface area contributed by atoms with E-state index in [1.807, 2.05) is 0 Å². The number of carboxylic acid groups (broad SMARTS) is 1. The van der Waals surface area contributed by atoms with E-state index in [1.54, 1.807) is 6.92 Å². The van der Waals surface area contributed by atoms with Crippen LogP contribution in [0.25, 0.3) is 0 Å². The molecule has 22 heavy (non-hydrogen) atoms. The van der Waals surface area contributed by atoms with E-state index in [1.165, 1.54) is 0 Å². The number of aliphatic carboxylic acids is 1. The van der Waals surface area contributed by atoms with Gasteiger partial charge in [0.2, 0.25) is 0 Å². The van der Waals surface area contributed by atoms with E-state index in [0.29, 0.717) is 24.3 Å². The number of imide groups is 1. The predicted octanol–water partition coefficient (Wildman–Crippen LogP) is 4.59. The smallest absolute Gasteiger partial charge is 0.326 e. The minimum absolute atomic E-state index is 0.161. The number of carboxylic acids is 1. The number of carbonyl (C=O) groups excluding carboxylic acids is 2. The summed E-state index contributed by atoms with van der Waals surface area (Å²) in [6, 6.07) is -1.17. The molecule has 0 fully saturated rings. The van der Waals surface area contributed by atoms with Gasteiger partial charge in [0.1, 0.15) is 6.04 Å². The minimum atomic E-state index is -1.19. The molecule has 0 aromatic heterocycles. The highest BCUT2D eigenvalue weighted by molar-refractivity contribution is 9.15. The van der Waals surface area contributed by atoms with Crippen LogP contribution in [-0.2, 0) is 4.79 Å². The molecular weight excluding hydrogens is 554 g/mol. The summed E-state index contributed by atoms with van der Waals surface area (Å²) in [5, 5.41) is 9.34. The first-order chi connectivity index (χ1) is 10.2. The normalized spacial score (nSPS) is 15.2. The molecular formula is C13H9Br4NO4. The molecule has 0 radical (unpaired) electrons. The number of hydrogen-bond donors (Lipinski definition) is 1. The molecule has 2 rings (SSSR count). The molecule has 1 aliphatic heterocycles. The fourth-order valence-corrected chi connectivity index (χ4v) is 4.74. The highest BCUT2D eigenvalue weighted by Gasteiger charge is 2.46. The van der Waals surface area contributed by atoms with Gasteiger partial charge in [0, 0.05) is 17.9 Å². The Balaban J connectivity index is 2.66. The van der Waals surface area contributed by atoms with Crippen LogP contribution < -0.4 is 0 Å². The Kier molecular flexibility index (Phi) is 5.51. The molecule has 1 aromatic carbocycles. The molecule has 0 spiro atoms. The number of amides is 2. The molecule has 0 unspecified atom stereocenters. The molecule has 0 saturated carbocycles. The summed E-state index contributed by atoms with van der Waals surface area (Å²) in [5.41, 5.74) is 0.323. The largest absolute Gasteiger partial charge is 0.480 e. The summed E-state index contributed by atoms with van der Waals surface area (Å²) in [5.74, 6) is -2.41. The Morgan fingerprint density at radius 2 is 1.41 bits per heavy atom. The SMILES string of the molecule is CCC[C@@H](C(=O)O)N1C(=O)c2c(Br)c(Br)c(Br)c(Br)c2C1=O. The lowest BCUT2D eigenvalue weighted by molar-refractivity contribution is -0.141. The first-order valence-corrected chi connectivity index (χ1v) is 9.37. The Bertz CT molecular complexity index is 657. The quantitative estimate of drug-likeness (QED) is 0.331. The summed E-state index contributed by atoms with van der Waals surface area (Å²) in [6.07, 6.45) is 0.748. The maximum atomic E-state index is 12.6. The van der Waals surface area contributed by atoms with Gasteiger partial charge in [-0.2, -0.15) is 0 Å². The molecule has 1 atom stereocenters. The standard InChI is InChI=1S/C13H9Br4NO4/c1-2-3-4(13(21)22)18-11(19)5-6(12(18)20)8(15)10(17)9(16)7(5)14/h4H,2-3H2,1H3,(H,21,22)/t4-/m0/s1. The van der Waals surface area contributed by atoms with Crippen LogP contribution in [0, 0.1) is 0 Å². The third-order valence-electron chi connectivity index (χ3n) is 3.29. The van der Waals surface area contributed by atoms with Crippen molar-refractivity contribution in [1.29, 1.82) is 0 Å². The fourth-order valence-electron chi connectivity index (χ4n) is 2.29. The van der Waals surface area contributed by atoms with Gasteiger partial charge in [-0.1, -0.05) is 13.3 Å². The highest BCUT2D eigenvalue weighted by atomic mass is 79.9. The van der Waals surface area contributed by atoms with Gasteiger partial charge in [-0.3, -0.25) is 14.5 Å². The molecule has 1 aliphatic rings. The van der Waals surface area contributed by atoms with Crippen LogP contribution in [0.2, 0.25) is 0 Å². The van der Waals surface area contributed by atoms with Crippen molar-refractivity contribution in [2.75, 3.05) is 0 Å². The third kappa shape index (κ3) is 2.70. The number of benzene rings is 1. The molecule has 1 heterocycles. The van der Waals surface area contributed by atoms with Crippen LogP contribution >= 0.6 is 63.7 Å². The average molecular weight is 563 g/mol. The first kappa shape index (κ1) is 18.1. The van der Waals surface area contributed by atoms with E-state index in [-0.39, 0.29) is 17.5 Å². The second kappa shape index (κ2) is 6.70. The maximum absolute atomic E-state index is 12.6. The number of rotatable bonds is 4. The minimum Gasteiger partial charge on any atom is -0.480 e. The van der Waals surface area contributed by atoms with Crippen molar-refractivity contribution in [1.82, 2.24) is 4.90 Å². The Hall–Kier alpha value is -0.250. The van der Waals surface area contributed by atoms with Crippen molar-refractivity contribution in [3.05, 3.63) is 29.0 Å². The highest BCUT2D eigenvalue weighted by Crippen LogP contribution is 2.45. The molecule has 0 saturated heterocycles. The second-order valence-corrected chi connectivity index (χ2v) is 7.80. The zero-order valence-corrected chi connectivity index (χ0v) is 17.5. The Labute approximate surface area is 159 Å². The fraction of sp³-hybridized carbons (Fsp3) is 0.308. The molecule has 9 heteroatoms. The van der Waals surface area contributed by atoms with Gasteiger partial charge >= 0.3 is 5.97 Å². The number of hydrogen-bond acceptors (Lipinski definition) is 3. The zero-order chi connectivity index (χ0) is 16.8. The number of carbonyl (C=O) groups is 3. The molecule has 2 amide bonds. The van der Waals surface area contributed by atoms with E-state index >= 15 is 0 Å². The summed E-state index contributed by atoms with van der Waals surface area (Å²) in [4.78, 5) is 37.5. The lowest BCUT2D eigenvalue weighted by atomic mass is 10.1. The van der Waals surface area contributed by atoms with Gasteiger partial charge in [-0.25, -0.2) is 4.79 Å². The van der Waals surface area contributed by atoms with E-state index < -0.39 is 23.8 Å². The number of fused-ring (bicyclic) bond motifs is 1. The van der Waals surface area contributed by atoms with Crippen LogP contribution in [0.4, 0.5) is 0 Å². The van der Waals surface area contributed by atoms with Crippen LogP contribution in [-0.4, -0.2) is 33.8 Å². The lowest BCUT2D eigenvalue weighted by Gasteiger charge is -2.21. The Morgan fingerprint density at radius 3 is 1.73 bits per heavy atom. The van der Waals surface area contributed by atoms with Crippen molar-refractivity contribution in [3.63, 3.8) is 0 Å². The summed E-state index contributed by atoms with van der Waals surface area (Å²) in [7, 11) is 0. The van der Waals surface area contributed by atoms with Gasteiger partial charge in [0.15, 0.2) is 0 Å². The van der Waals surface area contributed by atoms with Crippen LogP contribution in [0.1, 0.15) is 40.5 Å². The van der Waals surface area contributed by atoms with E-state index in [9.17, 15) is 19.5 Å². The summed E-state index contributed by atoms with van der Waals surface area (Å²) in [6.45, 7) is 1.80.